The monoisotopic (exact) mass is 279 g/mol. The van der Waals surface area contributed by atoms with Crippen molar-refractivity contribution >= 4 is 29.0 Å². The van der Waals surface area contributed by atoms with Gasteiger partial charge in [0.15, 0.2) is 0 Å². The molecule has 0 bridgehead atoms. The van der Waals surface area contributed by atoms with E-state index in [-0.39, 0.29) is 5.91 Å². The van der Waals surface area contributed by atoms with E-state index >= 15 is 0 Å². The molecule has 4 nitrogen and oxygen atoms in total. The molecule has 6 heteroatoms. The summed E-state index contributed by atoms with van der Waals surface area (Å²) in [5.41, 5.74) is 2.57. The summed E-state index contributed by atoms with van der Waals surface area (Å²) in [5, 5.41) is 3.94. The number of amides is 1. The van der Waals surface area contributed by atoms with Gasteiger partial charge in [0.25, 0.3) is 5.91 Å². The van der Waals surface area contributed by atoms with Gasteiger partial charge in [0.1, 0.15) is 10.0 Å². The zero-order chi connectivity index (χ0) is 12.5. The number of hydrogen-bond donors (Lipinski definition) is 0. The van der Waals surface area contributed by atoms with Gasteiger partial charge in [-0.2, -0.15) is 0 Å². The molecule has 0 saturated carbocycles. The summed E-state index contributed by atoms with van der Waals surface area (Å²) in [4.78, 5) is 14.1. The average Bonchev–Trinajstić information content (AvgIpc) is 2.79. The maximum absolute atomic E-state index is 12.3. The Kier molecular flexibility index (Phi) is 3.01. The second-order valence-corrected chi connectivity index (χ2v) is 5.48. The van der Waals surface area contributed by atoms with E-state index in [4.69, 9.17) is 11.6 Å². The van der Waals surface area contributed by atoms with Crippen molar-refractivity contribution in [3.05, 3.63) is 45.4 Å². The zero-order valence-corrected chi connectivity index (χ0v) is 11.0. The number of fused-ring (bicyclic) bond motifs is 1. The van der Waals surface area contributed by atoms with Crippen LogP contribution in [0.15, 0.2) is 24.3 Å². The number of aromatic nitrogens is 2. The fourth-order valence-corrected chi connectivity index (χ4v) is 2.71. The molecule has 92 valence electrons. The van der Waals surface area contributed by atoms with Crippen LogP contribution in [0.1, 0.15) is 21.6 Å². The van der Waals surface area contributed by atoms with Crippen LogP contribution in [0.25, 0.3) is 0 Å². The highest BCUT2D eigenvalue weighted by molar-refractivity contribution is 7.10. The van der Waals surface area contributed by atoms with Gasteiger partial charge in [0.05, 0.1) is 6.54 Å². The predicted octanol–water partition coefficient (Wildman–Crippen LogP) is 2.39. The molecule has 1 aliphatic rings. The topological polar surface area (TPSA) is 46.1 Å². The van der Waals surface area contributed by atoms with Crippen molar-refractivity contribution in [1.82, 2.24) is 14.5 Å². The van der Waals surface area contributed by atoms with E-state index in [1.807, 2.05) is 24.3 Å². The van der Waals surface area contributed by atoms with Crippen LogP contribution in [-0.4, -0.2) is 26.9 Å². The van der Waals surface area contributed by atoms with Gasteiger partial charge in [-0.1, -0.05) is 34.3 Å². The largest absolute Gasteiger partial charge is 0.332 e. The molecule has 0 saturated heterocycles. The third-order valence-corrected chi connectivity index (χ3v) is 4.02. The quantitative estimate of drug-likeness (QED) is 0.848. The molecule has 1 aromatic carbocycles. The number of benzene rings is 1. The maximum Gasteiger partial charge on any atom is 0.254 e. The first-order chi connectivity index (χ1) is 8.75. The summed E-state index contributed by atoms with van der Waals surface area (Å²) in [6.07, 6.45) is 0.872. The number of hydrogen-bond acceptors (Lipinski definition) is 4. The molecule has 0 fully saturated rings. The van der Waals surface area contributed by atoms with E-state index in [0.717, 1.165) is 29.1 Å². The van der Waals surface area contributed by atoms with Crippen LogP contribution in [-0.2, 0) is 13.0 Å². The van der Waals surface area contributed by atoms with E-state index in [1.165, 1.54) is 0 Å². The van der Waals surface area contributed by atoms with Gasteiger partial charge in [-0.05, 0) is 18.1 Å². The second kappa shape index (κ2) is 4.66. The van der Waals surface area contributed by atoms with E-state index < -0.39 is 0 Å². The van der Waals surface area contributed by atoms with Crippen LogP contribution in [0.2, 0.25) is 4.34 Å². The summed E-state index contributed by atoms with van der Waals surface area (Å²) in [5.74, 6) is 0.0425. The first kappa shape index (κ1) is 11.6. The van der Waals surface area contributed by atoms with Crippen molar-refractivity contribution in [2.45, 2.75) is 13.0 Å². The molecule has 0 unspecified atom stereocenters. The highest BCUT2D eigenvalue weighted by Gasteiger charge is 2.25. The van der Waals surface area contributed by atoms with Crippen molar-refractivity contribution in [1.29, 1.82) is 0 Å². The molecule has 0 aliphatic carbocycles. The van der Waals surface area contributed by atoms with Gasteiger partial charge in [0.2, 0.25) is 0 Å². The Balaban J connectivity index is 1.85. The van der Waals surface area contributed by atoms with E-state index in [1.54, 1.807) is 4.90 Å². The van der Waals surface area contributed by atoms with Crippen LogP contribution in [0, 0.1) is 0 Å². The lowest BCUT2D eigenvalue weighted by Gasteiger charge is -2.27. The molecular weight excluding hydrogens is 270 g/mol. The Morgan fingerprint density at radius 1 is 1.39 bits per heavy atom. The maximum atomic E-state index is 12.3. The van der Waals surface area contributed by atoms with Gasteiger partial charge in [0, 0.05) is 23.6 Å². The minimum absolute atomic E-state index is 0.0425. The van der Waals surface area contributed by atoms with Crippen LogP contribution in [0.5, 0.6) is 0 Å². The molecule has 0 atom stereocenters. The molecule has 0 N–H and O–H groups in total. The van der Waals surface area contributed by atoms with Crippen molar-refractivity contribution in [2.24, 2.45) is 0 Å². The van der Waals surface area contributed by atoms with Crippen molar-refractivity contribution < 1.29 is 4.79 Å². The zero-order valence-electron chi connectivity index (χ0n) is 9.47. The van der Waals surface area contributed by atoms with Crippen LogP contribution >= 0.6 is 23.1 Å². The number of rotatable bonds is 2. The lowest BCUT2D eigenvalue weighted by atomic mass is 9.99. The Morgan fingerprint density at radius 3 is 3.00 bits per heavy atom. The Labute approximate surface area is 113 Å². The number of carbonyl (C=O) groups is 1. The molecule has 2 aromatic rings. The van der Waals surface area contributed by atoms with Crippen LogP contribution < -0.4 is 0 Å². The molecule has 0 radical (unpaired) electrons. The second-order valence-electron chi connectivity index (χ2n) is 4.13. The summed E-state index contributed by atoms with van der Waals surface area (Å²) in [6.45, 7) is 1.13. The average molecular weight is 280 g/mol. The van der Waals surface area contributed by atoms with Crippen LogP contribution in [0.3, 0.4) is 0 Å². The Morgan fingerprint density at radius 2 is 2.22 bits per heavy atom. The van der Waals surface area contributed by atoms with E-state index in [2.05, 4.69) is 9.59 Å². The van der Waals surface area contributed by atoms with E-state index in [0.29, 0.717) is 23.1 Å². The molecule has 2 heterocycles. The van der Waals surface area contributed by atoms with Crippen molar-refractivity contribution in [3.8, 4) is 0 Å². The fraction of sp³-hybridized carbons (Fsp3) is 0.250. The highest BCUT2D eigenvalue weighted by Crippen LogP contribution is 2.23. The molecular formula is C12H10ClN3OS. The number of nitrogens with zero attached hydrogens (tertiary/aromatic N) is 3. The summed E-state index contributed by atoms with van der Waals surface area (Å²) < 4.78 is 4.34. The molecule has 1 amide bonds. The number of carbonyl (C=O) groups excluding carboxylic acids is 1. The first-order valence-corrected chi connectivity index (χ1v) is 6.75. The summed E-state index contributed by atoms with van der Waals surface area (Å²) in [6, 6.07) is 7.72. The molecule has 1 aliphatic heterocycles. The minimum Gasteiger partial charge on any atom is -0.332 e. The Hall–Kier alpha value is -1.46. The molecule has 1 aromatic heterocycles. The molecule has 0 spiro atoms. The smallest absolute Gasteiger partial charge is 0.254 e. The van der Waals surface area contributed by atoms with Gasteiger partial charge in [-0.25, -0.2) is 0 Å². The van der Waals surface area contributed by atoms with Crippen LogP contribution in [0.4, 0.5) is 0 Å². The summed E-state index contributed by atoms with van der Waals surface area (Å²) >= 11 is 7.11. The van der Waals surface area contributed by atoms with Gasteiger partial charge >= 0.3 is 0 Å². The first-order valence-electron chi connectivity index (χ1n) is 5.59. The molecule has 18 heavy (non-hydrogen) atoms. The third-order valence-electron chi connectivity index (χ3n) is 3.04. The van der Waals surface area contributed by atoms with Gasteiger partial charge in [-0.3, -0.25) is 4.79 Å². The van der Waals surface area contributed by atoms with Crippen molar-refractivity contribution in [3.63, 3.8) is 0 Å². The van der Waals surface area contributed by atoms with E-state index in [9.17, 15) is 4.79 Å². The van der Waals surface area contributed by atoms with Gasteiger partial charge in [-0.15, -0.1) is 5.10 Å². The lowest BCUT2D eigenvalue weighted by molar-refractivity contribution is 0.0725. The number of halogens is 1. The fourth-order valence-electron chi connectivity index (χ4n) is 2.10. The molecule has 3 rings (SSSR count). The van der Waals surface area contributed by atoms with Gasteiger partial charge < -0.3 is 4.90 Å². The van der Waals surface area contributed by atoms with Crippen molar-refractivity contribution in [2.75, 3.05) is 6.54 Å². The Bertz CT molecular complexity index is 599. The predicted molar refractivity (Wildman–Crippen MR) is 69.8 cm³/mol. The standard InChI is InChI=1S/C12H10ClN3OS/c13-11-10(14-15-18-11)7-16-6-5-8-3-1-2-4-9(8)12(16)17/h1-4H,5-7H2. The lowest BCUT2D eigenvalue weighted by Crippen LogP contribution is -2.37. The highest BCUT2D eigenvalue weighted by atomic mass is 35.5. The summed E-state index contributed by atoms with van der Waals surface area (Å²) in [7, 11) is 0. The normalized spacial score (nSPS) is 14.7. The SMILES string of the molecule is O=C1c2ccccc2CCN1Cc1nnsc1Cl. The third kappa shape index (κ3) is 2.00. The minimum atomic E-state index is 0.0425.